The molecule has 1 aromatic heterocycles. The summed E-state index contributed by atoms with van der Waals surface area (Å²) < 4.78 is 12.5. The topological polar surface area (TPSA) is 15.8 Å². The van der Waals surface area contributed by atoms with Crippen molar-refractivity contribution in [2.24, 2.45) is 0 Å². The molecule has 1 heterocycles. The Labute approximate surface area is 95.7 Å². The minimum absolute atomic E-state index is 0.232. The molecule has 0 radical (unpaired) electrons. The van der Waals surface area contributed by atoms with Crippen molar-refractivity contribution in [1.82, 2.24) is 4.98 Å². The lowest BCUT2D eigenvalue weighted by Gasteiger charge is -2.13. The summed E-state index contributed by atoms with van der Waals surface area (Å²) in [6, 6.07) is 8.24. The summed E-state index contributed by atoms with van der Waals surface area (Å²) in [7, 11) is 0. The lowest BCUT2D eigenvalue weighted by atomic mass is 9.92. The molecule has 86 valence electrons. The molecule has 16 heavy (non-hydrogen) atoms. The molecule has 0 fully saturated rings. The predicted octanol–water partition coefficient (Wildman–Crippen LogP) is 4.41. The number of hydrogen-bond donors (Lipinski definition) is 1. The fourth-order valence-electron chi connectivity index (χ4n) is 2.37. The number of aromatic amines is 1. The molecule has 1 aromatic carbocycles. The number of rotatable bonds is 5. The monoisotopic (exact) mass is 219 g/mol. The molecular weight excluding hydrogens is 201 g/mol. The smallest absolute Gasteiger partial charge is 0.0900 e. The summed E-state index contributed by atoms with van der Waals surface area (Å²) in [6.07, 6.45) is 4.84. The highest BCUT2D eigenvalue weighted by Crippen LogP contribution is 2.31. The summed E-state index contributed by atoms with van der Waals surface area (Å²) in [6.45, 7) is 1.92. The maximum Gasteiger partial charge on any atom is 0.0900 e. The standard InChI is InChI=1S/C14H18FN/c1-2-5-11(8-9-15)13-10-16-14-7-4-3-6-12(13)14/h3-4,6-7,10-11,16H,2,5,8-9H2,1H3. The maximum atomic E-state index is 12.5. The number of halogens is 1. The van der Waals surface area contributed by atoms with Gasteiger partial charge in [0.1, 0.15) is 0 Å². The Balaban J connectivity index is 2.36. The third-order valence-corrected chi connectivity index (χ3v) is 3.16. The van der Waals surface area contributed by atoms with Gasteiger partial charge in [-0.05, 0) is 30.4 Å². The Kier molecular flexibility index (Phi) is 3.60. The molecule has 1 atom stereocenters. The van der Waals surface area contributed by atoms with Crippen LogP contribution in [0.1, 0.15) is 37.7 Å². The first-order chi connectivity index (χ1) is 7.86. The van der Waals surface area contributed by atoms with Crippen LogP contribution in [-0.2, 0) is 0 Å². The van der Waals surface area contributed by atoms with Gasteiger partial charge in [0.25, 0.3) is 0 Å². The van der Waals surface area contributed by atoms with E-state index >= 15 is 0 Å². The second-order valence-electron chi connectivity index (χ2n) is 4.25. The molecule has 0 aliphatic rings. The van der Waals surface area contributed by atoms with Crippen LogP contribution in [0.3, 0.4) is 0 Å². The number of benzene rings is 1. The van der Waals surface area contributed by atoms with E-state index in [0.717, 1.165) is 18.4 Å². The van der Waals surface area contributed by atoms with E-state index in [1.54, 1.807) is 0 Å². The first kappa shape index (κ1) is 11.2. The minimum atomic E-state index is -0.232. The molecule has 1 nitrogen and oxygen atoms in total. The largest absolute Gasteiger partial charge is 0.361 e. The second kappa shape index (κ2) is 5.15. The van der Waals surface area contributed by atoms with Gasteiger partial charge in [-0.1, -0.05) is 31.5 Å². The molecule has 0 bridgehead atoms. The average Bonchev–Trinajstić information content (AvgIpc) is 2.72. The van der Waals surface area contributed by atoms with Crippen LogP contribution in [0, 0.1) is 0 Å². The highest BCUT2D eigenvalue weighted by Gasteiger charge is 2.14. The molecule has 0 aliphatic heterocycles. The minimum Gasteiger partial charge on any atom is -0.361 e. The summed E-state index contributed by atoms with van der Waals surface area (Å²) in [5.41, 5.74) is 2.42. The van der Waals surface area contributed by atoms with E-state index in [1.807, 2.05) is 18.3 Å². The molecule has 1 unspecified atom stereocenters. The molecule has 2 aromatic rings. The third kappa shape index (κ3) is 2.11. The molecule has 2 rings (SSSR count). The molecule has 0 saturated carbocycles. The third-order valence-electron chi connectivity index (χ3n) is 3.16. The summed E-state index contributed by atoms with van der Waals surface area (Å²) in [5.74, 6) is 0.353. The van der Waals surface area contributed by atoms with Crippen molar-refractivity contribution in [1.29, 1.82) is 0 Å². The second-order valence-corrected chi connectivity index (χ2v) is 4.25. The van der Waals surface area contributed by atoms with E-state index in [2.05, 4.69) is 24.0 Å². The zero-order chi connectivity index (χ0) is 11.4. The Hall–Kier alpha value is -1.31. The molecule has 0 saturated heterocycles. The molecule has 0 aliphatic carbocycles. The van der Waals surface area contributed by atoms with E-state index in [-0.39, 0.29) is 6.67 Å². The van der Waals surface area contributed by atoms with Gasteiger partial charge in [0.05, 0.1) is 6.67 Å². The van der Waals surface area contributed by atoms with Crippen molar-refractivity contribution in [2.75, 3.05) is 6.67 Å². The van der Waals surface area contributed by atoms with Crippen LogP contribution in [0.15, 0.2) is 30.5 Å². The van der Waals surface area contributed by atoms with Gasteiger partial charge in [-0.3, -0.25) is 4.39 Å². The van der Waals surface area contributed by atoms with Gasteiger partial charge in [-0.25, -0.2) is 0 Å². The fraction of sp³-hybridized carbons (Fsp3) is 0.429. The van der Waals surface area contributed by atoms with Gasteiger partial charge >= 0.3 is 0 Å². The molecule has 0 amide bonds. The van der Waals surface area contributed by atoms with Crippen molar-refractivity contribution in [3.63, 3.8) is 0 Å². The van der Waals surface area contributed by atoms with Crippen molar-refractivity contribution in [3.05, 3.63) is 36.0 Å². The van der Waals surface area contributed by atoms with Crippen LogP contribution in [-0.4, -0.2) is 11.7 Å². The van der Waals surface area contributed by atoms with Crippen LogP contribution < -0.4 is 0 Å². The van der Waals surface area contributed by atoms with Crippen molar-refractivity contribution >= 4 is 10.9 Å². The SMILES string of the molecule is CCCC(CCF)c1c[nH]c2ccccc12. The van der Waals surface area contributed by atoms with E-state index in [1.165, 1.54) is 10.9 Å². The maximum absolute atomic E-state index is 12.5. The lowest BCUT2D eigenvalue weighted by Crippen LogP contribution is -1.98. The number of hydrogen-bond acceptors (Lipinski definition) is 0. The predicted molar refractivity (Wildman–Crippen MR) is 66.5 cm³/mol. The normalized spacial score (nSPS) is 13.1. The van der Waals surface area contributed by atoms with Gasteiger partial charge < -0.3 is 4.98 Å². The summed E-state index contributed by atoms with van der Waals surface area (Å²) >= 11 is 0. The molecular formula is C14H18FN. The van der Waals surface area contributed by atoms with E-state index in [9.17, 15) is 4.39 Å². The number of aromatic nitrogens is 1. The average molecular weight is 219 g/mol. The van der Waals surface area contributed by atoms with Crippen LogP contribution >= 0.6 is 0 Å². The molecule has 0 spiro atoms. The number of nitrogens with one attached hydrogen (secondary N) is 1. The number of H-pyrrole nitrogens is 1. The number of alkyl halides is 1. The number of para-hydroxylation sites is 1. The van der Waals surface area contributed by atoms with E-state index in [0.29, 0.717) is 12.3 Å². The fourth-order valence-corrected chi connectivity index (χ4v) is 2.37. The number of fused-ring (bicyclic) bond motifs is 1. The van der Waals surface area contributed by atoms with Crippen LogP contribution in [0.2, 0.25) is 0 Å². The van der Waals surface area contributed by atoms with Gasteiger partial charge in [-0.15, -0.1) is 0 Å². The van der Waals surface area contributed by atoms with Gasteiger partial charge in [0, 0.05) is 17.1 Å². The summed E-state index contributed by atoms with van der Waals surface area (Å²) in [4.78, 5) is 3.26. The van der Waals surface area contributed by atoms with E-state index in [4.69, 9.17) is 0 Å². The van der Waals surface area contributed by atoms with Gasteiger partial charge in [0.15, 0.2) is 0 Å². The first-order valence-electron chi connectivity index (χ1n) is 5.98. The Morgan fingerprint density at radius 3 is 2.81 bits per heavy atom. The zero-order valence-corrected chi connectivity index (χ0v) is 9.67. The molecule has 2 heteroatoms. The van der Waals surface area contributed by atoms with Crippen LogP contribution in [0.25, 0.3) is 10.9 Å². The highest BCUT2D eigenvalue weighted by molar-refractivity contribution is 5.83. The quantitative estimate of drug-likeness (QED) is 0.766. The highest BCUT2D eigenvalue weighted by atomic mass is 19.1. The Morgan fingerprint density at radius 1 is 1.25 bits per heavy atom. The summed E-state index contributed by atoms with van der Waals surface area (Å²) in [5, 5.41) is 1.24. The first-order valence-corrected chi connectivity index (χ1v) is 5.98. The lowest BCUT2D eigenvalue weighted by molar-refractivity contribution is 0.426. The van der Waals surface area contributed by atoms with Gasteiger partial charge in [-0.2, -0.15) is 0 Å². The van der Waals surface area contributed by atoms with Crippen molar-refractivity contribution in [2.45, 2.75) is 32.1 Å². The Bertz CT molecular complexity index is 441. The van der Waals surface area contributed by atoms with Crippen molar-refractivity contribution in [3.8, 4) is 0 Å². The molecule has 1 N–H and O–H groups in total. The van der Waals surface area contributed by atoms with Crippen LogP contribution in [0.4, 0.5) is 4.39 Å². The Morgan fingerprint density at radius 2 is 2.06 bits per heavy atom. The van der Waals surface area contributed by atoms with E-state index < -0.39 is 0 Å². The van der Waals surface area contributed by atoms with Crippen LogP contribution in [0.5, 0.6) is 0 Å². The van der Waals surface area contributed by atoms with Gasteiger partial charge in [0.2, 0.25) is 0 Å². The zero-order valence-electron chi connectivity index (χ0n) is 9.67. The van der Waals surface area contributed by atoms with Crippen molar-refractivity contribution < 1.29 is 4.39 Å².